The second-order valence-electron chi connectivity index (χ2n) is 7.18. The molecule has 0 saturated carbocycles. The molecule has 2 aromatic heterocycles. The van der Waals surface area contributed by atoms with Crippen molar-refractivity contribution in [3.8, 4) is 16.9 Å². The van der Waals surface area contributed by atoms with Crippen LogP contribution in [0.3, 0.4) is 0 Å². The van der Waals surface area contributed by atoms with Crippen molar-refractivity contribution in [1.82, 2.24) is 19.9 Å². The van der Waals surface area contributed by atoms with Gasteiger partial charge in [-0.2, -0.15) is 5.10 Å². The van der Waals surface area contributed by atoms with Gasteiger partial charge in [0.05, 0.1) is 18.6 Å². The zero-order chi connectivity index (χ0) is 22.5. The molecule has 2 heterocycles. The van der Waals surface area contributed by atoms with Gasteiger partial charge in [0.2, 0.25) is 5.91 Å². The van der Waals surface area contributed by atoms with E-state index >= 15 is 0 Å². The number of aryl methyl sites for hydroxylation is 1. The minimum atomic E-state index is -0.290. The molecule has 0 atom stereocenters. The van der Waals surface area contributed by atoms with Crippen molar-refractivity contribution in [3.05, 3.63) is 77.9 Å². The van der Waals surface area contributed by atoms with E-state index in [1.54, 1.807) is 22.8 Å². The number of ether oxygens (including phenoxy) is 1. The van der Waals surface area contributed by atoms with Crippen molar-refractivity contribution in [2.24, 2.45) is 0 Å². The van der Waals surface area contributed by atoms with Gasteiger partial charge in [-0.05, 0) is 55.3 Å². The molecule has 4 aromatic rings. The fourth-order valence-electron chi connectivity index (χ4n) is 3.25. The Morgan fingerprint density at radius 1 is 1.16 bits per heavy atom. The number of halogens is 1. The predicted molar refractivity (Wildman–Crippen MR) is 123 cm³/mol. The Balaban J connectivity index is 1.42. The van der Waals surface area contributed by atoms with Gasteiger partial charge >= 0.3 is 0 Å². The maximum Gasteiger partial charge on any atom is 0.230 e. The minimum Gasteiger partial charge on any atom is -0.494 e. The first kappa shape index (κ1) is 21.8. The van der Waals surface area contributed by atoms with Crippen LogP contribution >= 0.6 is 11.8 Å². The first-order valence-corrected chi connectivity index (χ1v) is 11.2. The second kappa shape index (κ2) is 9.82. The molecular formula is C24H23FN4O2S. The molecule has 8 heteroatoms. The smallest absolute Gasteiger partial charge is 0.230 e. The summed E-state index contributed by atoms with van der Waals surface area (Å²) >= 11 is 1.40. The highest BCUT2D eigenvalue weighted by Gasteiger charge is 2.14. The molecule has 32 heavy (non-hydrogen) atoms. The Labute approximate surface area is 189 Å². The van der Waals surface area contributed by atoms with E-state index in [9.17, 15) is 9.18 Å². The van der Waals surface area contributed by atoms with Crippen LogP contribution in [0.15, 0.2) is 65.8 Å². The molecule has 1 amide bonds. The standard InChI is InChI=1S/C24H23FN4O2S/c1-3-31-20-10-4-17(5-11-20)13-26-22(30)15-32-23-12-16(2)28-24-21(14-27-29(23)24)18-6-8-19(25)9-7-18/h4-12,14H,3,13,15H2,1-2H3,(H,26,30). The van der Waals surface area contributed by atoms with Crippen LogP contribution in [0.2, 0.25) is 0 Å². The van der Waals surface area contributed by atoms with Gasteiger partial charge in [0.25, 0.3) is 0 Å². The van der Waals surface area contributed by atoms with E-state index in [1.807, 2.05) is 44.2 Å². The number of nitrogens with zero attached hydrogens (tertiary/aromatic N) is 3. The number of nitrogens with one attached hydrogen (secondary N) is 1. The van der Waals surface area contributed by atoms with Crippen molar-refractivity contribution in [1.29, 1.82) is 0 Å². The van der Waals surface area contributed by atoms with E-state index in [0.717, 1.165) is 33.2 Å². The van der Waals surface area contributed by atoms with Crippen LogP contribution in [-0.4, -0.2) is 32.9 Å². The van der Waals surface area contributed by atoms with Crippen molar-refractivity contribution in [2.75, 3.05) is 12.4 Å². The molecule has 4 rings (SSSR count). The summed E-state index contributed by atoms with van der Waals surface area (Å²) in [7, 11) is 0. The molecule has 0 fully saturated rings. The van der Waals surface area contributed by atoms with Crippen LogP contribution in [-0.2, 0) is 11.3 Å². The summed E-state index contributed by atoms with van der Waals surface area (Å²) in [6.07, 6.45) is 1.71. The first-order valence-electron chi connectivity index (χ1n) is 10.3. The maximum atomic E-state index is 13.3. The average Bonchev–Trinajstić information content (AvgIpc) is 3.21. The van der Waals surface area contributed by atoms with Crippen molar-refractivity contribution in [3.63, 3.8) is 0 Å². The topological polar surface area (TPSA) is 68.5 Å². The van der Waals surface area contributed by atoms with Crippen LogP contribution in [0.4, 0.5) is 4.39 Å². The largest absolute Gasteiger partial charge is 0.494 e. The average molecular weight is 451 g/mol. The SMILES string of the molecule is CCOc1ccc(CNC(=O)CSc2cc(C)nc3c(-c4ccc(F)cc4)cnn23)cc1. The van der Waals surface area contributed by atoms with E-state index in [-0.39, 0.29) is 17.5 Å². The number of thioether (sulfide) groups is 1. The van der Waals surface area contributed by atoms with E-state index in [1.165, 1.54) is 23.9 Å². The van der Waals surface area contributed by atoms with Crippen molar-refractivity contribution >= 4 is 23.3 Å². The molecule has 0 saturated heterocycles. The monoisotopic (exact) mass is 450 g/mol. The van der Waals surface area contributed by atoms with Crippen LogP contribution in [0.25, 0.3) is 16.8 Å². The molecule has 0 radical (unpaired) electrons. The summed E-state index contributed by atoms with van der Waals surface area (Å²) in [6.45, 7) is 4.91. The number of fused-ring (bicyclic) bond motifs is 1. The summed E-state index contributed by atoms with van der Waals surface area (Å²) in [5.74, 6) is 0.704. The number of hydrogen-bond donors (Lipinski definition) is 1. The zero-order valence-electron chi connectivity index (χ0n) is 17.8. The van der Waals surface area contributed by atoms with Gasteiger partial charge in [-0.15, -0.1) is 0 Å². The number of carbonyl (C=O) groups excluding carboxylic acids is 1. The summed E-state index contributed by atoms with van der Waals surface area (Å²) in [5.41, 5.74) is 4.15. The fraction of sp³-hybridized carbons (Fsp3) is 0.208. The highest BCUT2D eigenvalue weighted by Crippen LogP contribution is 2.27. The number of carbonyl (C=O) groups is 1. The Kier molecular flexibility index (Phi) is 6.70. The Morgan fingerprint density at radius 3 is 2.62 bits per heavy atom. The van der Waals surface area contributed by atoms with Crippen LogP contribution in [0, 0.1) is 12.7 Å². The Bertz CT molecular complexity index is 1220. The van der Waals surface area contributed by atoms with E-state index in [4.69, 9.17) is 4.74 Å². The predicted octanol–water partition coefficient (Wildman–Crippen LogP) is 4.65. The lowest BCUT2D eigenvalue weighted by Crippen LogP contribution is -2.24. The van der Waals surface area contributed by atoms with Gasteiger partial charge < -0.3 is 10.1 Å². The molecular weight excluding hydrogens is 427 g/mol. The van der Waals surface area contributed by atoms with Crippen LogP contribution < -0.4 is 10.1 Å². The number of benzene rings is 2. The molecule has 6 nitrogen and oxygen atoms in total. The highest BCUT2D eigenvalue weighted by atomic mass is 32.2. The van der Waals surface area contributed by atoms with E-state index in [2.05, 4.69) is 15.4 Å². The van der Waals surface area contributed by atoms with Gasteiger partial charge in [-0.25, -0.2) is 13.9 Å². The summed E-state index contributed by atoms with van der Waals surface area (Å²) < 4.78 is 20.4. The lowest BCUT2D eigenvalue weighted by atomic mass is 10.1. The summed E-state index contributed by atoms with van der Waals surface area (Å²) in [4.78, 5) is 17.0. The minimum absolute atomic E-state index is 0.0718. The molecule has 0 bridgehead atoms. The van der Waals surface area contributed by atoms with Crippen LogP contribution in [0.5, 0.6) is 5.75 Å². The molecule has 0 spiro atoms. The molecule has 0 aliphatic carbocycles. The van der Waals surface area contributed by atoms with E-state index in [0.29, 0.717) is 18.8 Å². The van der Waals surface area contributed by atoms with Gasteiger partial charge in [-0.1, -0.05) is 36.0 Å². The third kappa shape index (κ3) is 5.08. The lowest BCUT2D eigenvalue weighted by molar-refractivity contribution is -0.118. The number of amides is 1. The summed E-state index contributed by atoms with van der Waals surface area (Å²) in [5, 5.41) is 8.20. The third-order valence-electron chi connectivity index (χ3n) is 4.80. The third-order valence-corrected chi connectivity index (χ3v) is 5.79. The molecule has 0 unspecified atom stereocenters. The molecule has 0 aliphatic heterocycles. The number of hydrogen-bond acceptors (Lipinski definition) is 5. The number of aromatic nitrogens is 3. The quantitative estimate of drug-likeness (QED) is 0.313. The number of rotatable bonds is 8. The summed E-state index contributed by atoms with van der Waals surface area (Å²) in [6, 6.07) is 15.8. The molecule has 2 aromatic carbocycles. The fourth-order valence-corrected chi connectivity index (χ4v) is 4.14. The molecule has 0 aliphatic rings. The van der Waals surface area contributed by atoms with Gasteiger partial charge in [0.1, 0.15) is 16.6 Å². The van der Waals surface area contributed by atoms with E-state index < -0.39 is 0 Å². The molecule has 164 valence electrons. The normalized spacial score (nSPS) is 11.0. The highest BCUT2D eigenvalue weighted by molar-refractivity contribution is 7.99. The maximum absolute atomic E-state index is 13.3. The zero-order valence-corrected chi connectivity index (χ0v) is 18.7. The molecule has 1 N–H and O–H groups in total. The van der Waals surface area contributed by atoms with Gasteiger partial charge in [0.15, 0.2) is 5.65 Å². The van der Waals surface area contributed by atoms with Crippen LogP contribution in [0.1, 0.15) is 18.2 Å². The second-order valence-corrected chi connectivity index (χ2v) is 8.17. The Morgan fingerprint density at radius 2 is 1.91 bits per heavy atom. The van der Waals surface area contributed by atoms with Gasteiger partial charge in [0, 0.05) is 17.8 Å². The lowest BCUT2D eigenvalue weighted by Gasteiger charge is -2.09. The van der Waals surface area contributed by atoms with Gasteiger partial charge in [-0.3, -0.25) is 4.79 Å². The first-order chi connectivity index (χ1) is 15.5. The Hall–Kier alpha value is -3.39. The van der Waals surface area contributed by atoms with Crippen molar-refractivity contribution in [2.45, 2.75) is 25.4 Å². The van der Waals surface area contributed by atoms with Crippen molar-refractivity contribution < 1.29 is 13.9 Å².